The summed E-state index contributed by atoms with van der Waals surface area (Å²) < 4.78 is 6.39. The molecule has 1 atom stereocenters. The molecule has 0 bridgehead atoms. The van der Waals surface area contributed by atoms with Gasteiger partial charge in [-0.2, -0.15) is 0 Å². The molecule has 0 aromatic carbocycles. The fourth-order valence-corrected chi connectivity index (χ4v) is 1.43. The number of hydrogen-bond acceptors (Lipinski definition) is 4. The van der Waals surface area contributed by atoms with Crippen molar-refractivity contribution in [1.29, 1.82) is 0 Å². The van der Waals surface area contributed by atoms with Crippen molar-refractivity contribution in [3.8, 4) is 5.88 Å². The van der Waals surface area contributed by atoms with Gasteiger partial charge < -0.3 is 10.5 Å². The Balaban J connectivity index is 2.49. The zero-order chi connectivity index (χ0) is 12.0. The molecule has 1 aromatic rings. The van der Waals surface area contributed by atoms with Crippen LogP contribution in [-0.4, -0.2) is 22.9 Å². The minimum Gasteiger partial charge on any atom is -0.480 e. The van der Waals surface area contributed by atoms with E-state index < -0.39 is 0 Å². The number of ether oxygens (including phenoxy) is 1. The van der Waals surface area contributed by atoms with Gasteiger partial charge in [0, 0.05) is 24.7 Å². The third-order valence-corrected chi connectivity index (χ3v) is 2.33. The molecule has 0 amide bonds. The number of rotatable bonds is 6. The molecule has 0 saturated carbocycles. The highest BCUT2D eigenvalue weighted by Gasteiger charge is 2.00. The first kappa shape index (κ1) is 12.7. The molecule has 5 nitrogen and oxygen atoms in total. The molecule has 2 N–H and O–H groups in total. The van der Waals surface area contributed by atoms with Gasteiger partial charge in [0.25, 0.3) is 5.56 Å². The Kier molecular flexibility index (Phi) is 4.98. The number of nitrogens with zero attached hydrogens (tertiary/aromatic N) is 2. The second-order valence-corrected chi connectivity index (χ2v) is 3.91. The number of methoxy groups -OCH3 is 1. The Hall–Kier alpha value is -1.36. The molecular weight excluding hydrogens is 206 g/mol. The third-order valence-electron chi connectivity index (χ3n) is 2.33. The summed E-state index contributed by atoms with van der Waals surface area (Å²) in [6.45, 7) is 2.60. The van der Waals surface area contributed by atoms with E-state index >= 15 is 0 Å². The molecule has 1 rings (SSSR count). The summed E-state index contributed by atoms with van der Waals surface area (Å²) in [5, 5.41) is 4.06. The first-order chi connectivity index (χ1) is 7.63. The van der Waals surface area contributed by atoms with Crippen LogP contribution < -0.4 is 16.0 Å². The summed E-state index contributed by atoms with van der Waals surface area (Å²) in [4.78, 5) is 11.4. The molecule has 90 valence electrons. The van der Waals surface area contributed by atoms with Crippen molar-refractivity contribution in [1.82, 2.24) is 9.78 Å². The van der Waals surface area contributed by atoms with Crippen LogP contribution in [0.2, 0.25) is 0 Å². The van der Waals surface area contributed by atoms with Crippen LogP contribution in [0.15, 0.2) is 16.9 Å². The number of aromatic nitrogens is 2. The molecule has 0 spiro atoms. The van der Waals surface area contributed by atoms with Gasteiger partial charge in [-0.05, 0) is 19.8 Å². The maximum Gasteiger partial charge on any atom is 0.266 e. The molecule has 5 heteroatoms. The SMILES string of the molecule is COc1ccc(=O)n(CCCCC(C)N)n1. The predicted molar refractivity (Wildman–Crippen MR) is 62.5 cm³/mol. The van der Waals surface area contributed by atoms with Gasteiger partial charge in [0.15, 0.2) is 0 Å². The van der Waals surface area contributed by atoms with Crippen LogP contribution in [0, 0.1) is 0 Å². The zero-order valence-corrected chi connectivity index (χ0v) is 9.85. The summed E-state index contributed by atoms with van der Waals surface area (Å²) in [6, 6.07) is 3.26. The highest BCUT2D eigenvalue weighted by atomic mass is 16.5. The van der Waals surface area contributed by atoms with E-state index in [9.17, 15) is 4.79 Å². The van der Waals surface area contributed by atoms with Crippen molar-refractivity contribution >= 4 is 0 Å². The Morgan fingerprint density at radius 3 is 2.88 bits per heavy atom. The van der Waals surface area contributed by atoms with Gasteiger partial charge in [0.1, 0.15) is 0 Å². The van der Waals surface area contributed by atoms with Gasteiger partial charge in [-0.15, -0.1) is 5.10 Å². The summed E-state index contributed by atoms with van der Waals surface area (Å²) in [5.41, 5.74) is 5.55. The fraction of sp³-hybridized carbons (Fsp3) is 0.636. The third kappa shape index (κ3) is 4.02. The predicted octanol–water partition coefficient (Wildman–Crippen LogP) is 0.769. The van der Waals surface area contributed by atoms with Gasteiger partial charge >= 0.3 is 0 Å². The summed E-state index contributed by atoms with van der Waals surface area (Å²) in [6.07, 6.45) is 2.88. The van der Waals surface area contributed by atoms with Gasteiger partial charge in [-0.25, -0.2) is 4.68 Å². The topological polar surface area (TPSA) is 70.1 Å². The van der Waals surface area contributed by atoms with Crippen LogP contribution >= 0.6 is 0 Å². The lowest BCUT2D eigenvalue weighted by Crippen LogP contribution is -2.22. The van der Waals surface area contributed by atoms with E-state index in [1.165, 1.54) is 17.9 Å². The first-order valence-corrected chi connectivity index (χ1v) is 5.51. The molecular formula is C11H19N3O2. The van der Waals surface area contributed by atoms with Crippen LogP contribution in [0.1, 0.15) is 26.2 Å². The van der Waals surface area contributed by atoms with Gasteiger partial charge in [0.05, 0.1) is 7.11 Å². The minimum atomic E-state index is -0.0957. The lowest BCUT2D eigenvalue weighted by atomic mass is 10.1. The lowest BCUT2D eigenvalue weighted by molar-refractivity contribution is 0.372. The van der Waals surface area contributed by atoms with E-state index in [2.05, 4.69) is 5.10 Å². The Morgan fingerprint density at radius 1 is 1.50 bits per heavy atom. The summed E-state index contributed by atoms with van der Waals surface area (Å²) in [5.74, 6) is 0.465. The monoisotopic (exact) mass is 225 g/mol. The van der Waals surface area contributed by atoms with Gasteiger partial charge in [-0.3, -0.25) is 4.79 Å². The van der Waals surface area contributed by atoms with E-state index in [1.54, 1.807) is 6.07 Å². The number of nitrogens with two attached hydrogens (primary N) is 1. The van der Waals surface area contributed by atoms with Crippen LogP contribution in [0.5, 0.6) is 5.88 Å². The number of hydrogen-bond donors (Lipinski definition) is 1. The fourth-order valence-electron chi connectivity index (χ4n) is 1.43. The van der Waals surface area contributed by atoms with Crippen molar-refractivity contribution in [2.75, 3.05) is 7.11 Å². The molecule has 0 saturated heterocycles. The van der Waals surface area contributed by atoms with Crippen LogP contribution in [0.25, 0.3) is 0 Å². The van der Waals surface area contributed by atoms with Crippen molar-refractivity contribution in [3.63, 3.8) is 0 Å². The molecule has 16 heavy (non-hydrogen) atoms. The smallest absolute Gasteiger partial charge is 0.266 e. The van der Waals surface area contributed by atoms with Crippen LogP contribution in [-0.2, 0) is 6.54 Å². The maximum atomic E-state index is 11.4. The molecule has 0 aliphatic carbocycles. The number of unbranched alkanes of at least 4 members (excludes halogenated alkanes) is 1. The molecule has 0 aliphatic heterocycles. The highest BCUT2D eigenvalue weighted by Crippen LogP contribution is 2.02. The maximum absolute atomic E-state index is 11.4. The minimum absolute atomic E-state index is 0.0957. The quantitative estimate of drug-likeness (QED) is 0.726. The second kappa shape index (κ2) is 6.27. The van der Waals surface area contributed by atoms with Crippen molar-refractivity contribution in [2.24, 2.45) is 5.73 Å². The van der Waals surface area contributed by atoms with E-state index in [1.807, 2.05) is 6.92 Å². The highest BCUT2D eigenvalue weighted by molar-refractivity contribution is 5.05. The Morgan fingerprint density at radius 2 is 2.25 bits per heavy atom. The molecule has 1 aromatic heterocycles. The van der Waals surface area contributed by atoms with Crippen molar-refractivity contribution < 1.29 is 4.74 Å². The van der Waals surface area contributed by atoms with Crippen molar-refractivity contribution in [3.05, 3.63) is 22.5 Å². The lowest BCUT2D eigenvalue weighted by Gasteiger charge is -2.07. The molecule has 1 unspecified atom stereocenters. The molecule has 0 fully saturated rings. The molecule has 0 radical (unpaired) electrons. The standard InChI is InChI=1S/C11H19N3O2/c1-9(12)5-3-4-8-14-11(15)7-6-10(13-14)16-2/h6-7,9H,3-5,8,12H2,1-2H3. The summed E-state index contributed by atoms with van der Waals surface area (Å²) >= 11 is 0. The first-order valence-electron chi connectivity index (χ1n) is 5.51. The van der Waals surface area contributed by atoms with Crippen LogP contribution in [0.4, 0.5) is 0 Å². The molecule has 0 aliphatic rings. The van der Waals surface area contributed by atoms with Gasteiger partial charge in [-0.1, -0.05) is 6.42 Å². The Bertz CT molecular complexity index is 374. The zero-order valence-electron chi connectivity index (χ0n) is 9.85. The van der Waals surface area contributed by atoms with E-state index in [0.29, 0.717) is 12.4 Å². The number of aryl methyl sites for hydroxylation is 1. The largest absolute Gasteiger partial charge is 0.480 e. The average Bonchev–Trinajstić information content (AvgIpc) is 2.26. The normalized spacial score (nSPS) is 12.4. The van der Waals surface area contributed by atoms with E-state index in [4.69, 9.17) is 10.5 Å². The second-order valence-electron chi connectivity index (χ2n) is 3.91. The van der Waals surface area contributed by atoms with Gasteiger partial charge in [0.2, 0.25) is 5.88 Å². The Labute approximate surface area is 95.2 Å². The average molecular weight is 225 g/mol. The summed E-state index contributed by atoms with van der Waals surface area (Å²) in [7, 11) is 1.53. The van der Waals surface area contributed by atoms with Crippen LogP contribution in [0.3, 0.4) is 0 Å². The van der Waals surface area contributed by atoms with E-state index in [-0.39, 0.29) is 11.6 Å². The molecule has 1 heterocycles. The van der Waals surface area contributed by atoms with Crippen molar-refractivity contribution in [2.45, 2.75) is 38.8 Å². The van der Waals surface area contributed by atoms with E-state index in [0.717, 1.165) is 19.3 Å².